The van der Waals surface area contributed by atoms with Gasteiger partial charge in [0.05, 0.1) is 36.6 Å². The SMILES string of the molecule is CCCn1c(=O)n(-c2cnn(CC3C(C)=NOC3C)c2)c(=O)n1Cc1ccccc1. The van der Waals surface area contributed by atoms with E-state index in [1.807, 2.05) is 51.1 Å². The van der Waals surface area contributed by atoms with E-state index in [4.69, 9.17) is 4.84 Å². The molecule has 0 saturated carbocycles. The maximum absolute atomic E-state index is 13.2. The third-order valence-corrected chi connectivity index (χ3v) is 5.45. The summed E-state index contributed by atoms with van der Waals surface area (Å²) >= 11 is 0. The zero-order chi connectivity index (χ0) is 21.3. The summed E-state index contributed by atoms with van der Waals surface area (Å²) in [5, 5.41) is 8.39. The van der Waals surface area contributed by atoms with Crippen molar-refractivity contribution >= 4 is 5.71 Å². The highest BCUT2D eigenvalue weighted by Crippen LogP contribution is 2.20. The minimum absolute atomic E-state index is 0.0332. The minimum Gasteiger partial charge on any atom is -0.392 e. The van der Waals surface area contributed by atoms with Crippen LogP contribution >= 0.6 is 0 Å². The molecule has 0 fully saturated rings. The summed E-state index contributed by atoms with van der Waals surface area (Å²) in [5.74, 6) is 0.105. The minimum atomic E-state index is -0.368. The Bertz CT molecular complexity index is 1170. The fraction of sp³-hybridized carbons (Fsp3) is 0.429. The molecule has 0 amide bonds. The van der Waals surface area contributed by atoms with E-state index in [-0.39, 0.29) is 23.4 Å². The maximum atomic E-state index is 13.2. The molecule has 1 aliphatic heterocycles. The second kappa shape index (κ2) is 8.17. The fourth-order valence-corrected chi connectivity index (χ4v) is 3.77. The van der Waals surface area contributed by atoms with Gasteiger partial charge in [-0.25, -0.2) is 23.5 Å². The van der Waals surface area contributed by atoms with Crippen LogP contribution in [0, 0.1) is 5.92 Å². The van der Waals surface area contributed by atoms with Gasteiger partial charge in [0.1, 0.15) is 6.10 Å². The number of benzene rings is 1. The maximum Gasteiger partial charge on any atom is 0.352 e. The smallest absolute Gasteiger partial charge is 0.352 e. The predicted octanol–water partition coefficient (Wildman–Crippen LogP) is 1.87. The molecule has 2 unspecified atom stereocenters. The Hall–Kier alpha value is -3.36. The summed E-state index contributed by atoms with van der Waals surface area (Å²) in [6.07, 6.45) is 3.99. The summed E-state index contributed by atoms with van der Waals surface area (Å²) < 4.78 is 5.94. The predicted molar refractivity (Wildman–Crippen MR) is 113 cm³/mol. The first-order chi connectivity index (χ1) is 14.5. The molecular formula is C21H26N6O3. The molecular weight excluding hydrogens is 384 g/mol. The highest BCUT2D eigenvalue weighted by Gasteiger charge is 2.28. The molecule has 0 saturated heterocycles. The number of aromatic nitrogens is 5. The first-order valence-corrected chi connectivity index (χ1v) is 10.2. The van der Waals surface area contributed by atoms with Gasteiger partial charge < -0.3 is 4.84 Å². The normalized spacial score (nSPS) is 18.4. The molecule has 0 spiro atoms. The Labute approximate surface area is 173 Å². The van der Waals surface area contributed by atoms with E-state index < -0.39 is 0 Å². The lowest BCUT2D eigenvalue weighted by Gasteiger charge is -2.13. The summed E-state index contributed by atoms with van der Waals surface area (Å²) in [6, 6.07) is 9.65. The van der Waals surface area contributed by atoms with Crippen LogP contribution in [0.15, 0.2) is 57.5 Å². The Morgan fingerprint density at radius 2 is 1.83 bits per heavy atom. The molecule has 1 aliphatic rings. The molecule has 0 N–H and O–H groups in total. The Balaban J connectivity index is 1.69. The van der Waals surface area contributed by atoms with Crippen molar-refractivity contribution in [3.05, 3.63) is 69.3 Å². The lowest BCUT2D eigenvalue weighted by molar-refractivity contribution is 0.0712. The lowest BCUT2D eigenvalue weighted by Crippen LogP contribution is -2.27. The van der Waals surface area contributed by atoms with E-state index in [2.05, 4.69) is 10.3 Å². The molecule has 9 nitrogen and oxygen atoms in total. The largest absolute Gasteiger partial charge is 0.392 e. The van der Waals surface area contributed by atoms with Gasteiger partial charge in [-0.1, -0.05) is 42.4 Å². The second-order valence-corrected chi connectivity index (χ2v) is 7.64. The highest BCUT2D eigenvalue weighted by atomic mass is 16.6. The van der Waals surface area contributed by atoms with Crippen LogP contribution in [-0.4, -0.2) is 35.5 Å². The van der Waals surface area contributed by atoms with E-state index in [0.717, 1.165) is 17.7 Å². The Kier molecular flexibility index (Phi) is 5.43. The number of hydrogen-bond donors (Lipinski definition) is 0. The van der Waals surface area contributed by atoms with Crippen LogP contribution in [0.1, 0.15) is 32.8 Å². The average Bonchev–Trinajstić information content (AvgIpc) is 3.38. The number of nitrogens with zero attached hydrogens (tertiary/aromatic N) is 6. The van der Waals surface area contributed by atoms with Crippen LogP contribution in [0.5, 0.6) is 0 Å². The molecule has 3 heterocycles. The summed E-state index contributed by atoms with van der Waals surface area (Å²) in [6.45, 7) is 7.24. The second-order valence-electron chi connectivity index (χ2n) is 7.64. The fourth-order valence-electron chi connectivity index (χ4n) is 3.77. The molecule has 0 bridgehead atoms. The monoisotopic (exact) mass is 410 g/mol. The van der Waals surface area contributed by atoms with Crippen molar-refractivity contribution in [3.8, 4) is 5.69 Å². The first-order valence-electron chi connectivity index (χ1n) is 10.2. The van der Waals surface area contributed by atoms with Gasteiger partial charge in [-0.3, -0.25) is 4.68 Å². The van der Waals surface area contributed by atoms with E-state index >= 15 is 0 Å². The molecule has 4 rings (SSSR count). The standard InChI is InChI=1S/C21H26N6O3/c1-4-10-25-20(28)27(21(29)26(25)12-17-8-6-5-7-9-17)18-11-22-24(13-18)14-19-15(2)23-30-16(19)3/h5-9,11,13,16,19H,4,10,12,14H2,1-3H3. The van der Waals surface area contributed by atoms with Crippen LogP contribution in [0.4, 0.5) is 0 Å². The third kappa shape index (κ3) is 3.62. The molecule has 30 heavy (non-hydrogen) atoms. The highest BCUT2D eigenvalue weighted by molar-refractivity contribution is 5.85. The summed E-state index contributed by atoms with van der Waals surface area (Å²) in [5.41, 5.74) is 1.61. The topological polar surface area (TPSA) is 88.3 Å². The lowest BCUT2D eigenvalue weighted by atomic mass is 10.00. The number of hydrogen-bond acceptors (Lipinski definition) is 5. The van der Waals surface area contributed by atoms with Gasteiger partial charge in [0.25, 0.3) is 0 Å². The summed E-state index contributed by atoms with van der Waals surface area (Å²) in [7, 11) is 0. The van der Waals surface area contributed by atoms with Gasteiger partial charge in [0, 0.05) is 12.7 Å². The molecule has 0 aliphatic carbocycles. The molecule has 0 radical (unpaired) electrons. The van der Waals surface area contributed by atoms with Crippen molar-refractivity contribution in [1.29, 1.82) is 0 Å². The first kappa shape index (κ1) is 19.9. The van der Waals surface area contributed by atoms with Gasteiger partial charge in [-0.15, -0.1) is 0 Å². The summed E-state index contributed by atoms with van der Waals surface area (Å²) in [4.78, 5) is 31.6. The third-order valence-electron chi connectivity index (χ3n) is 5.45. The molecule has 2 atom stereocenters. The zero-order valence-electron chi connectivity index (χ0n) is 17.4. The van der Waals surface area contributed by atoms with Gasteiger partial charge in [-0.05, 0) is 25.8 Å². The van der Waals surface area contributed by atoms with E-state index in [0.29, 0.717) is 25.3 Å². The molecule has 158 valence electrons. The van der Waals surface area contributed by atoms with Crippen LogP contribution in [0.25, 0.3) is 5.69 Å². The molecule has 1 aromatic carbocycles. The van der Waals surface area contributed by atoms with Crippen molar-refractivity contribution in [2.45, 2.75) is 52.9 Å². The molecule has 9 heteroatoms. The van der Waals surface area contributed by atoms with Crippen LogP contribution in [0.2, 0.25) is 0 Å². The Morgan fingerprint density at radius 1 is 1.10 bits per heavy atom. The van der Waals surface area contributed by atoms with E-state index in [1.165, 1.54) is 13.9 Å². The number of oxime groups is 1. The van der Waals surface area contributed by atoms with E-state index in [1.54, 1.807) is 17.1 Å². The quantitative estimate of drug-likeness (QED) is 0.595. The van der Waals surface area contributed by atoms with Gasteiger partial charge in [-0.2, -0.15) is 5.10 Å². The van der Waals surface area contributed by atoms with Crippen molar-refractivity contribution in [1.82, 2.24) is 23.7 Å². The van der Waals surface area contributed by atoms with Crippen molar-refractivity contribution in [2.24, 2.45) is 11.1 Å². The van der Waals surface area contributed by atoms with Crippen molar-refractivity contribution in [2.75, 3.05) is 0 Å². The molecule has 2 aromatic heterocycles. The molecule has 3 aromatic rings. The van der Waals surface area contributed by atoms with Gasteiger partial charge in [0.2, 0.25) is 0 Å². The van der Waals surface area contributed by atoms with Crippen LogP contribution in [0.3, 0.4) is 0 Å². The van der Waals surface area contributed by atoms with Crippen LogP contribution < -0.4 is 11.4 Å². The van der Waals surface area contributed by atoms with Crippen LogP contribution in [-0.2, 0) is 24.5 Å². The van der Waals surface area contributed by atoms with E-state index in [9.17, 15) is 9.59 Å². The van der Waals surface area contributed by atoms with Gasteiger partial charge >= 0.3 is 11.4 Å². The zero-order valence-corrected chi connectivity index (χ0v) is 17.4. The van der Waals surface area contributed by atoms with Gasteiger partial charge in [0.15, 0.2) is 0 Å². The number of rotatable bonds is 7. The Morgan fingerprint density at radius 3 is 2.50 bits per heavy atom. The van der Waals surface area contributed by atoms with Crippen molar-refractivity contribution < 1.29 is 4.84 Å². The average molecular weight is 410 g/mol. The van der Waals surface area contributed by atoms with Crippen molar-refractivity contribution in [3.63, 3.8) is 0 Å².